The van der Waals surface area contributed by atoms with Crippen molar-refractivity contribution in [3.8, 4) is 0 Å². The second kappa shape index (κ2) is 12.5. The maximum absolute atomic E-state index is 12.8. The minimum absolute atomic E-state index is 0.00155. The van der Waals surface area contributed by atoms with Gasteiger partial charge in [-0.1, -0.05) is 41.1 Å². The van der Waals surface area contributed by atoms with Crippen LogP contribution in [0, 0.1) is 13.8 Å². The highest BCUT2D eigenvalue weighted by Crippen LogP contribution is 2.20. The zero-order valence-electron chi connectivity index (χ0n) is 20.7. The first kappa shape index (κ1) is 25.7. The molecule has 2 unspecified atom stereocenters. The van der Waals surface area contributed by atoms with Crippen LogP contribution in [0.5, 0.6) is 0 Å². The van der Waals surface area contributed by atoms with E-state index in [0.29, 0.717) is 43.8 Å². The number of carbonyl (C=O) groups excluding carboxylic acids is 2. The molecule has 2 atom stereocenters. The van der Waals surface area contributed by atoms with E-state index in [2.05, 4.69) is 11.2 Å². The summed E-state index contributed by atoms with van der Waals surface area (Å²) < 4.78 is 11.2. The number of carbonyl (C=O) groups is 2. The fourth-order valence-electron chi connectivity index (χ4n) is 4.39. The number of esters is 1. The van der Waals surface area contributed by atoms with Gasteiger partial charge < -0.3 is 19.2 Å². The third-order valence-corrected chi connectivity index (χ3v) is 5.77. The summed E-state index contributed by atoms with van der Waals surface area (Å²) in [7, 11) is 0. The monoisotopic (exact) mass is 468 g/mol. The van der Waals surface area contributed by atoms with Crippen molar-refractivity contribution in [3.05, 3.63) is 58.7 Å². The number of oxime groups is 1. The summed E-state index contributed by atoms with van der Waals surface area (Å²) >= 11 is 0. The van der Waals surface area contributed by atoms with Gasteiger partial charge in [0.2, 0.25) is 0 Å². The number of morpholine rings is 1. The number of nitrogens with zero attached hydrogens (tertiary/aromatic N) is 2. The van der Waals surface area contributed by atoms with Gasteiger partial charge >= 0.3 is 5.97 Å². The minimum Gasteiger partial charge on any atom is -0.462 e. The highest BCUT2D eigenvalue weighted by Gasteiger charge is 2.26. The molecule has 184 valence electrons. The van der Waals surface area contributed by atoms with E-state index < -0.39 is 0 Å². The first-order chi connectivity index (χ1) is 16.3. The predicted octanol–water partition coefficient (Wildman–Crippen LogP) is 4.31. The van der Waals surface area contributed by atoms with E-state index in [0.717, 1.165) is 29.5 Å². The maximum Gasteiger partial charge on any atom is 0.338 e. The summed E-state index contributed by atoms with van der Waals surface area (Å²) in [5.41, 5.74) is 3.99. The molecule has 2 aliphatic rings. The fourth-order valence-corrected chi connectivity index (χ4v) is 4.39. The van der Waals surface area contributed by atoms with Crippen LogP contribution >= 0.6 is 0 Å². The number of benzene rings is 1. The molecule has 1 amide bonds. The van der Waals surface area contributed by atoms with Crippen LogP contribution in [0.1, 0.15) is 60.2 Å². The molecule has 7 nitrogen and oxygen atoms in total. The van der Waals surface area contributed by atoms with Crippen molar-refractivity contribution in [2.24, 2.45) is 5.16 Å². The van der Waals surface area contributed by atoms with Gasteiger partial charge in [-0.2, -0.15) is 0 Å². The molecule has 0 bridgehead atoms. The average molecular weight is 469 g/mol. The van der Waals surface area contributed by atoms with E-state index in [-0.39, 0.29) is 30.7 Å². The lowest BCUT2D eigenvalue weighted by molar-refractivity contribution is -0.147. The molecule has 0 aromatic heterocycles. The van der Waals surface area contributed by atoms with Crippen LogP contribution in [0.4, 0.5) is 0 Å². The Morgan fingerprint density at radius 2 is 1.79 bits per heavy atom. The second-order valence-electron chi connectivity index (χ2n) is 9.08. The molecule has 0 spiro atoms. The van der Waals surface area contributed by atoms with Gasteiger partial charge in [-0.3, -0.25) is 4.79 Å². The number of rotatable bonds is 3. The third kappa shape index (κ3) is 7.55. The van der Waals surface area contributed by atoms with E-state index in [1.54, 1.807) is 4.90 Å². The normalized spacial score (nSPS) is 25.1. The maximum atomic E-state index is 12.8. The Bertz CT molecular complexity index is 956. The van der Waals surface area contributed by atoms with Crippen molar-refractivity contribution in [1.29, 1.82) is 0 Å². The number of amides is 1. The van der Waals surface area contributed by atoms with E-state index in [1.165, 1.54) is 0 Å². The van der Waals surface area contributed by atoms with Gasteiger partial charge in [0, 0.05) is 19.5 Å². The summed E-state index contributed by atoms with van der Waals surface area (Å²) in [6.45, 7) is 9.14. The number of cyclic esters (lactones) is 1. The quantitative estimate of drug-likeness (QED) is 0.375. The Morgan fingerprint density at radius 3 is 2.56 bits per heavy atom. The van der Waals surface area contributed by atoms with Gasteiger partial charge in [-0.05, 0) is 64.2 Å². The number of fused-ring (bicyclic) bond motifs is 1. The lowest BCUT2D eigenvalue weighted by Crippen LogP contribution is -2.49. The molecule has 1 fully saturated rings. The third-order valence-electron chi connectivity index (χ3n) is 5.77. The summed E-state index contributed by atoms with van der Waals surface area (Å²) in [6, 6.07) is 3.97. The van der Waals surface area contributed by atoms with Gasteiger partial charge in [-0.25, -0.2) is 4.79 Å². The number of hydrogen-bond acceptors (Lipinski definition) is 6. The van der Waals surface area contributed by atoms with Gasteiger partial charge in [0.25, 0.3) is 5.91 Å². The Kier molecular flexibility index (Phi) is 9.45. The van der Waals surface area contributed by atoms with Crippen LogP contribution in [0.25, 0.3) is 0 Å². The molecule has 0 radical (unpaired) electrons. The number of ether oxygens (including phenoxy) is 2. The standard InChI is InChI=1S/C27H36N2O5/c1-19-13-20(2)26-23(14-19)15-24(11-9-7-5-6-8-10-12-32-27(26)31)28-33-18-25(30)29-16-21(3)34-22(4)17-29/h6,8-9,11,13-14,21-22H,5,7,10,12,15-18H2,1-4H3/b8-6+,11-9+,28-24+. The molecule has 1 saturated heterocycles. The summed E-state index contributed by atoms with van der Waals surface area (Å²) in [5.74, 6) is -0.440. The zero-order valence-corrected chi connectivity index (χ0v) is 20.7. The zero-order chi connectivity index (χ0) is 24.5. The van der Waals surface area contributed by atoms with Crippen molar-refractivity contribution in [1.82, 2.24) is 4.90 Å². The predicted molar refractivity (Wildman–Crippen MR) is 132 cm³/mol. The number of allylic oxidation sites excluding steroid dienone is 3. The van der Waals surface area contributed by atoms with E-state index in [4.69, 9.17) is 14.3 Å². The van der Waals surface area contributed by atoms with Gasteiger partial charge in [-0.15, -0.1) is 0 Å². The topological polar surface area (TPSA) is 77.4 Å². The lowest BCUT2D eigenvalue weighted by atomic mass is 9.95. The van der Waals surface area contributed by atoms with Crippen molar-refractivity contribution in [3.63, 3.8) is 0 Å². The van der Waals surface area contributed by atoms with Crippen LogP contribution in [0.15, 0.2) is 41.6 Å². The summed E-state index contributed by atoms with van der Waals surface area (Å²) in [4.78, 5) is 32.7. The molecule has 1 aromatic carbocycles. The largest absolute Gasteiger partial charge is 0.462 e. The molecule has 0 N–H and O–H groups in total. The molecule has 2 heterocycles. The highest BCUT2D eigenvalue weighted by atomic mass is 16.6. The van der Waals surface area contributed by atoms with Crippen LogP contribution in [-0.2, 0) is 25.5 Å². The Balaban J connectivity index is 1.79. The average Bonchev–Trinajstić information content (AvgIpc) is 2.76. The van der Waals surface area contributed by atoms with Crippen molar-refractivity contribution in [2.45, 2.75) is 65.6 Å². The second-order valence-corrected chi connectivity index (χ2v) is 9.08. The molecule has 34 heavy (non-hydrogen) atoms. The summed E-state index contributed by atoms with van der Waals surface area (Å²) in [6.07, 6.45) is 10.9. The molecule has 1 aromatic rings. The van der Waals surface area contributed by atoms with Crippen molar-refractivity contribution < 1.29 is 23.9 Å². The van der Waals surface area contributed by atoms with Gasteiger partial charge in [0.05, 0.1) is 30.1 Å². The first-order valence-electron chi connectivity index (χ1n) is 12.0. The molecular formula is C27H36N2O5. The van der Waals surface area contributed by atoms with E-state index in [1.807, 2.05) is 58.1 Å². The Labute approximate surface area is 202 Å². The number of aryl methyl sites for hydroxylation is 2. The minimum atomic E-state index is -0.326. The van der Waals surface area contributed by atoms with Gasteiger partial charge in [0.1, 0.15) is 0 Å². The smallest absolute Gasteiger partial charge is 0.338 e. The molecule has 0 aliphatic carbocycles. The van der Waals surface area contributed by atoms with Crippen LogP contribution in [-0.4, -0.2) is 61.0 Å². The van der Waals surface area contributed by atoms with Gasteiger partial charge in [0.15, 0.2) is 6.61 Å². The lowest BCUT2D eigenvalue weighted by Gasteiger charge is -2.35. The van der Waals surface area contributed by atoms with E-state index >= 15 is 0 Å². The van der Waals surface area contributed by atoms with E-state index in [9.17, 15) is 9.59 Å². The Hall–Kier alpha value is -2.93. The van der Waals surface area contributed by atoms with Crippen LogP contribution in [0.2, 0.25) is 0 Å². The molecule has 3 rings (SSSR count). The van der Waals surface area contributed by atoms with Crippen LogP contribution in [0.3, 0.4) is 0 Å². The Morgan fingerprint density at radius 1 is 1.09 bits per heavy atom. The van der Waals surface area contributed by atoms with Crippen LogP contribution < -0.4 is 0 Å². The molecular weight excluding hydrogens is 432 g/mol. The van der Waals surface area contributed by atoms with Crippen molar-refractivity contribution >= 4 is 17.6 Å². The SMILES string of the molecule is Cc1cc(C)c2c(c1)CC(=N/OCC(=O)N1CC(C)OC(C)C1)/C=C/CC/C=C/CCOC2=O. The van der Waals surface area contributed by atoms with Crippen molar-refractivity contribution in [2.75, 3.05) is 26.3 Å². The summed E-state index contributed by atoms with van der Waals surface area (Å²) in [5, 5.41) is 4.29. The molecule has 7 heteroatoms. The number of hydrogen-bond donors (Lipinski definition) is 0. The molecule has 2 aliphatic heterocycles. The first-order valence-corrected chi connectivity index (χ1v) is 12.0. The highest BCUT2D eigenvalue weighted by molar-refractivity contribution is 6.00. The molecule has 0 saturated carbocycles. The fraction of sp³-hybridized carbons (Fsp3) is 0.519.